The van der Waals surface area contributed by atoms with Crippen molar-refractivity contribution in [2.75, 3.05) is 0 Å². The zero-order valence-corrected chi connectivity index (χ0v) is 10.8. The number of hydrogen-bond acceptors (Lipinski definition) is 1. The Balaban J connectivity index is 1.99. The topological polar surface area (TPSA) is 12.0 Å². The first kappa shape index (κ1) is 15.4. The van der Waals surface area contributed by atoms with Crippen LogP contribution >= 0.6 is 0 Å². The summed E-state index contributed by atoms with van der Waals surface area (Å²) >= 11 is 0. The molecule has 0 aliphatic carbocycles. The van der Waals surface area contributed by atoms with Crippen molar-refractivity contribution in [2.24, 2.45) is 0 Å². The first-order valence-electron chi connectivity index (χ1n) is 6.17. The van der Waals surface area contributed by atoms with E-state index in [1.54, 1.807) is 0 Å². The van der Waals surface area contributed by atoms with Crippen LogP contribution in [-0.2, 0) is 19.3 Å². The van der Waals surface area contributed by atoms with Crippen molar-refractivity contribution in [1.82, 2.24) is 5.32 Å². The maximum Gasteiger partial charge on any atom is 0.416 e. The van der Waals surface area contributed by atoms with Crippen molar-refractivity contribution in [3.05, 3.63) is 70.8 Å². The molecule has 0 saturated heterocycles. The SMILES string of the molecule is Fc1cccc(CNCc2cccc(C(F)(F)F)c2)c1F. The van der Waals surface area contributed by atoms with E-state index in [-0.39, 0.29) is 18.7 Å². The summed E-state index contributed by atoms with van der Waals surface area (Å²) in [5, 5.41) is 2.79. The van der Waals surface area contributed by atoms with Gasteiger partial charge in [0.2, 0.25) is 0 Å². The first-order valence-corrected chi connectivity index (χ1v) is 6.17. The second kappa shape index (κ2) is 6.22. The number of rotatable bonds is 4. The summed E-state index contributed by atoms with van der Waals surface area (Å²) in [6, 6.07) is 8.64. The van der Waals surface area contributed by atoms with E-state index < -0.39 is 23.4 Å². The highest BCUT2D eigenvalue weighted by atomic mass is 19.4. The summed E-state index contributed by atoms with van der Waals surface area (Å²) in [5.41, 5.74) is -0.192. The van der Waals surface area contributed by atoms with E-state index in [2.05, 4.69) is 5.32 Å². The fraction of sp³-hybridized carbons (Fsp3) is 0.200. The molecule has 21 heavy (non-hydrogen) atoms. The molecule has 0 bridgehead atoms. The van der Waals surface area contributed by atoms with Gasteiger partial charge < -0.3 is 5.32 Å². The number of hydrogen-bond donors (Lipinski definition) is 1. The second-order valence-electron chi connectivity index (χ2n) is 4.51. The standard InChI is InChI=1S/C15H12F5N/c16-13-6-2-4-11(14(13)17)9-21-8-10-3-1-5-12(7-10)15(18,19)20/h1-7,21H,8-9H2. The van der Waals surface area contributed by atoms with Gasteiger partial charge in [0.05, 0.1) is 5.56 Å². The maximum absolute atomic E-state index is 13.4. The van der Waals surface area contributed by atoms with Gasteiger partial charge in [0, 0.05) is 18.7 Å². The van der Waals surface area contributed by atoms with Crippen molar-refractivity contribution >= 4 is 0 Å². The maximum atomic E-state index is 13.4. The van der Waals surface area contributed by atoms with Gasteiger partial charge in [-0.1, -0.05) is 30.3 Å². The van der Waals surface area contributed by atoms with Gasteiger partial charge in [-0.15, -0.1) is 0 Å². The van der Waals surface area contributed by atoms with E-state index in [0.29, 0.717) is 5.56 Å². The highest BCUT2D eigenvalue weighted by Gasteiger charge is 2.30. The normalized spacial score (nSPS) is 11.7. The summed E-state index contributed by atoms with van der Waals surface area (Å²) in [7, 11) is 0. The summed E-state index contributed by atoms with van der Waals surface area (Å²) in [6.07, 6.45) is -4.40. The minimum Gasteiger partial charge on any atom is -0.309 e. The van der Waals surface area contributed by atoms with Gasteiger partial charge in [0.25, 0.3) is 0 Å². The lowest BCUT2D eigenvalue weighted by molar-refractivity contribution is -0.137. The molecule has 0 radical (unpaired) electrons. The summed E-state index contributed by atoms with van der Waals surface area (Å²) in [6.45, 7) is 0.152. The molecule has 0 fully saturated rings. The molecular weight excluding hydrogens is 289 g/mol. The fourth-order valence-corrected chi connectivity index (χ4v) is 1.88. The fourth-order valence-electron chi connectivity index (χ4n) is 1.88. The van der Waals surface area contributed by atoms with E-state index in [1.165, 1.54) is 24.3 Å². The molecule has 0 aliphatic heterocycles. The van der Waals surface area contributed by atoms with Crippen LogP contribution in [0.1, 0.15) is 16.7 Å². The molecule has 112 valence electrons. The smallest absolute Gasteiger partial charge is 0.309 e. The lowest BCUT2D eigenvalue weighted by atomic mass is 10.1. The molecule has 2 rings (SSSR count). The quantitative estimate of drug-likeness (QED) is 0.831. The molecule has 0 unspecified atom stereocenters. The minimum absolute atomic E-state index is 0.0276. The van der Waals surface area contributed by atoms with Crippen LogP contribution in [-0.4, -0.2) is 0 Å². The van der Waals surface area contributed by atoms with Crippen molar-refractivity contribution in [1.29, 1.82) is 0 Å². The van der Waals surface area contributed by atoms with Gasteiger partial charge in [-0.05, 0) is 17.7 Å². The molecule has 0 amide bonds. The Morgan fingerprint density at radius 3 is 2.33 bits per heavy atom. The molecule has 6 heteroatoms. The van der Waals surface area contributed by atoms with Crippen molar-refractivity contribution in [3.8, 4) is 0 Å². The number of benzene rings is 2. The number of alkyl halides is 3. The second-order valence-corrected chi connectivity index (χ2v) is 4.51. The molecule has 2 aromatic carbocycles. The zero-order valence-electron chi connectivity index (χ0n) is 10.8. The lowest BCUT2D eigenvalue weighted by Gasteiger charge is -2.10. The first-order chi connectivity index (χ1) is 9.88. The predicted molar refractivity (Wildman–Crippen MR) is 68.3 cm³/mol. The highest BCUT2D eigenvalue weighted by Crippen LogP contribution is 2.29. The van der Waals surface area contributed by atoms with E-state index in [0.717, 1.165) is 18.2 Å². The third-order valence-corrected chi connectivity index (χ3v) is 2.93. The molecule has 0 heterocycles. The predicted octanol–water partition coefficient (Wildman–Crippen LogP) is 4.27. The van der Waals surface area contributed by atoms with Gasteiger partial charge in [-0.3, -0.25) is 0 Å². The van der Waals surface area contributed by atoms with Gasteiger partial charge in [-0.25, -0.2) is 8.78 Å². The average Bonchev–Trinajstić information content (AvgIpc) is 2.43. The van der Waals surface area contributed by atoms with Gasteiger partial charge >= 0.3 is 6.18 Å². The van der Waals surface area contributed by atoms with Crippen molar-refractivity contribution in [2.45, 2.75) is 19.3 Å². The molecule has 2 aromatic rings. The monoisotopic (exact) mass is 301 g/mol. The number of nitrogens with one attached hydrogen (secondary N) is 1. The molecular formula is C15H12F5N. The molecule has 0 spiro atoms. The largest absolute Gasteiger partial charge is 0.416 e. The third-order valence-electron chi connectivity index (χ3n) is 2.93. The van der Waals surface area contributed by atoms with Crippen LogP contribution in [0.25, 0.3) is 0 Å². The Morgan fingerprint density at radius 1 is 0.905 bits per heavy atom. The molecule has 0 atom stereocenters. The van der Waals surface area contributed by atoms with Gasteiger partial charge in [0.15, 0.2) is 11.6 Å². The van der Waals surface area contributed by atoms with Crippen LogP contribution in [0, 0.1) is 11.6 Å². The Hall–Kier alpha value is -1.95. The lowest BCUT2D eigenvalue weighted by Crippen LogP contribution is -2.15. The van der Waals surface area contributed by atoms with Crippen molar-refractivity contribution < 1.29 is 22.0 Å². The Bertz CT molecular complexity index is 622. The molecule has 0 aliphatic rings. The van der Waals surface area contributed by atoms with E-state index in [9.17, 15) is 22.0 Å². The Morgan fingerprint density at radius 2 is 1.62 bits per heavy atom. The third kappa shape index (κ3) is 4.01. The van der Waals surface area contributed by atoms with Gasteiger partial charge in [-0.2, -0.15) is 13.2 Å². The number of halogens is 5. The van der Waals surface area contributed by atoms with E-state index in [4.69, 9.17) is 0 Å². The minimum atomic E-state index is -4.40. The van der Waals surface area contributed by atoms with Crippen LogP contribution in [0.5, 0.6) is 0 Å². The Labute approximate surface area is 118 Å². The zero-order chi connectivity index (χ0) is 15.5. The van der Waals surface area contributed by atoms with Crippen LogP contribution in [0.3, 0.4) is 0 Å². The van der Waals surface area contributed by atoms with E-state index >= 15 is 0 Å². The van der Waals surface area contributed by atoms with Crippen LogP contribution in [0.2, 0.25) is 0 Å². The Kier molecular flexibility index (Phi) is 4.57. The van der Waals surface area contributed by atoms with Crippen LogP contribution in [0.15, 0.2) is 42.5 Å². The molecule has 0 aromatic heterocycles. The average molecular weight is 301 g/mol. The summed E-state index contributed by atoms with van der Waals surface area (Å²) in [5.74, 6) is -1.90. The van der Waals surface area contributed by atoms with E-state index in [1.807, 2.05) is 0 Å². The van der Waals surface area contributed by atoms with Crippen LogP contribution in [0.4, 0.5) is 22.0 Å². The molecule has 0 saturated carbocycles. The summed E-state index contributed by atoms with van der Waals surface area (Å²) < 4.78 is 64.0. The highest BCUT2D eigenvalue weighted by molar-refractivity contribution is 5.26. The molecule has 1 N–H and O–H groups in total. The van der Waals surface area contributed by atoms with Crippen LogP contribution < -0.4 is 5.32 Å². The molecule has 1 nitrogen and oxygen atoms in total. The summed E-state index contributed by atoms with van der Waals surface area (Å²) in [4.78, 5) is 0. The van der Waals surface area contributed by atoms with Gasteiger partial charge in [0.1, 0.15) is 0 Å². The van der Waals surface area contributed by atoms with Crippen molar-refractivity contribution in [3.63, 3.8) is 0 Å².